The average Bonchev–Trinajstić information content (AvgIpc) is 2.42. The number of imidazole rings is 1. The Kier molecular flexibility index (Phi) is 2.83. The number of fused-ring (bicyclic) bond motifs is 1. The first-order valence-corrected chi connectivity index (χ1v) is 5.87. The summed E-state index contributed by atoms with van der Waals surface area (Å²) in [5.74, 6) is 1.89. The molecular weight excluding hydrogens is 186 g/mol. The van der Waals surface area contributed by atoms with E-state index in [1.54, 1.807) is 0 Å². The van der Waals surface area contributed by atoms with E-state index >= 15 is 0 Å². The number of rotatable bonds is 2. The summed E-state index contributed by atoms with van der Waals surface area (Å²) in [7, 11) is 2.14. The molecule has 0 bridgehead atoms. The molecule has 1 aliphatic rings. The van der Waals surface area contributed by atoms with Crippen LogP contribution in [0, 0.1) is 5.92 Å². The molecule has 0 aliphatic heterocycles. The first kappa shape index (κ1) is 10.7. The summed E-state index contributed by atoms with van der Waals surface area (Å²) in [6.07, 6.45) is 4.23. The predicted molar refractivity (Wildman–Crippen MR) is 61.8 cm³/mol. The van der Waals surface area contributed by atoms with Gasteiger partial charge in [-0.15, -0.1) is 0 Å². The molecular formula is C12H21N3. The topological polar surface area (TPSA) is 43.8 Å². The fraction of sp³-hybridized carbons (Fsp3) is 0.750. The van der Waals surface area contributed by atoms with E-state index in [1.807, 2.05) is 0 Å². The molecule has 2 rings (SSSR count). The maximum Gasteiger partial charge on any atom is 0.109 e. The van der Waals surface area contributed by atoms with Crippen LogP contribution in [0.3, 0.4) is 0 Å². The Morgan fingerprint density at radius 3 is 2.93 bits per heavy atom. The molecule has 2 N–H and O–H groups in total. The third-order valence-corrected chi connectivity index (χ3v) is 3.19. The van der Waals surface area contributed by atoms with E-state index in [9.17, 15) is 0 Å². The second-order valence-corrected chi connectivity index (χ2v) is 5.08. The Bertz CT molecular complexity index is 352. The van der Waals surface area contributed by atoms with E-state index < -0.39 is 0 Å². The van der Waals surface area contributed by atoms with Gasteiger partial charge in [0.2, 0.25) is 0 Å². The molecule has 1 atom stereocenters. The second kappa shape index (κ2) is 3.97. The quantitative estimate of drug-likeness (QED) is 0.797. The molecule has 1 unspecified atom stereocenters. The lowest BCUT2D eigenvalue weighted by molar-refractivity contribution is 0.551. The molecule has 15 heavy (non-hydrogen) atoms. The molecule has 84 valence electrons. The molecule has 1 heterocycles. The van der Waals surface area contributed by atoms with Crippen LogP contribution in [0.1, 0.15) is 37.5 Å². The Morgan fingerprint density at radius 2 is 2.27 bits per heavy atom. The fourth-order valence-corrected chi connectivity index (χ4v) is 2.34. The first-order valence-electron chi connectivity index (χ1n) is 5.87. The van der Waals surface area contributed by atoms with Crippen molar-refractivity contribution in [2.45, 2.75) is 45.6 Å². The Morgan fingerprint density at radius 1 is 1.53 bits per heavy atom. The van der Waals surface area contributed by atoms with Gasteiger partial charge in [-0.3, -0.25) is 0 Å². The molecule has 0 saturated heterocycles. The lowest BCUT2D eigenvalue weighted by atomic mass is 9.97. The second-order valence-electron chi connectivity index (χ2n) is 5.08. The average molecular weight is 207 g/mol. The van der Waals surface area contributed by atoms with E-state index in [0.717, 1.165) is 25.7 Å². The summed E-state index contributed by atoms with van der Waals surface area (Å²) in [6, 6.07) is 0.319. The molecule has 3 nitrogen and oxygen atoms in total. The molecule has 0 radical (unpaired) electrons. The van der Waals surface area contributed by atoms with Crippen LogP contribution in [0.4, 0.5) is 0 Å². The van der Waals surface area contributed by atoms with Crippen molar-refractivity contribution in [3.63, 3.8) is 0 Å². The van der Waals surface area contributed by atoms with E-state index in [0.29, 0.717) is 12.0 Å². The van der Waals surface area contributed by atoms with Crippen molar-refractivity contribution in [2.24, 2.45) is 18.7 Å². The van der Waals surface area contributed by atoms with Gasteiger partial charge in [0, 0.05) is 31.6 Å². The minimum Gasteiger partial charge on any atom is -0.335 e. The monoisotopic (exact) mass is 207 g/mol. The standard InChI is InChI=1S/C12H21N3/c1-8(2)6-12-14-10-7-9(13)4-5-11(10)15(12)3/h8-9H,4-7,13H2,1-3H3. The normalized spacial score (nSPS) is 20.7. The van der Waals surface area contributed by atoms with Crippen LogP contribution in [0.2, 0.25) is 0 Å². The Labute approximate surface area is 91.7 Å². The summed E-state index contributed by atoms with van der Waals surface area (Å²) in [4.78, 5) is 4.72. The van der Waals surface area contributed by atoms with Gasteiger partial charge in [-0.1, -0.05) is 13.8 Å². The highest BCUT2D eigenvalue weighted by molar-refractivity contribution is 5.21. The molecule has 0 saturated carbocycles. The van der Waals surface area contributed by atoms with Gasteiger partial charge in [-0.2, -0.15) is 0 Å². The summed E-state index contributed by atoms with van der Waals surface area (Å²) in [5.41, 5.74) is 8.61. The fourth-order valence-electron chi connectivity index (χ4n) is 2.34. The molecule has 1 aliphatic carbocycles. The maximum absolute atomic E-state index is 5.96. The van der Waals surface area contributed by atoms with Gasteiger partial charge in [-0.05, 0) is 18.8 Å². The lowest BCUT2D eigenvalue weighted by Gasteiger charge is -2.17. The van der Waals surface area contributed by atoms with E-state index in [4.69, 9.17) is 10.7 Å². The van der Waals surface area contributed by atoms with Gasteiger partial charge in [0.25, 0.3) is 0 Å². The molecule has 1 aromatic rings. The minimum atomic E-state index is 0.319. The zero-order valence-electron chi connectivity index (χ0n) is 9.95. The van der Waals surface area contributed by atoms with Crippen LogP contribution in [-0.4, -0.2) is 15.6 Å². The molecule has 3 heteroatoms. The maximum atomic E-state index is 5.96. The Hall–Kier alpha value is -0.830. The van der Waals surface area contributed by atoms with Crippen molar-refractivity contribution in [2.75, 3.05) is 0 Å². The van der Waals surface area contributed by atoms with Crippen LogP contribution < -0.4 is 5.73 Å². The first-order chi connectivity index (χ1) is 7.08. The van der Waals surface area contributed by atoms with Gasteiger partial charge in [0.15, 0.2) is 0 Å². The highest BCUT2D eigenvalue weighted by Crippen LogP contribution is 2.21. The Balaban J connectivity index is 2.28. The van der Waals surface area contributed by atoms with Crippen LogP contribution >= 0.6 is 0 Å². The molecule has 0 amide bonds. The van der Waals surface area contributed by atoms with Gasteiger partial charge in [0.1, 0.15) is 5.82 Å². The van der Waals surface area contributed by atoms with Crippen molar-refractivity contribution in [1.29, 1.82) is 0 Å². The summed E-state index contributed by atoms with van der Waals surface area (Å²) >= 11 is 0. The lowest BCUT2D eigenvalue weighted by Crippen LogP contribution is -2.28. The van der Waals surface area contributed by atoms with Crippen molar-refractivity contribution in [3.8, 4) is 0 Å². The zero-order chi connectivity index (χ0) is 11.0. The van der Waals surface area contributed by atoms with E-state index in [1.165, 1.54) is 17.2 Å². The third kappa shape index (κ3) is 2.07. The number of aromatic nitrogens is 2. The molecule has 0 spiro atoms. The number of nitrogens with two attached hydrogens (primary N) is 1. The summed E-state index contributed by atoms with van der Waals surface area (Å²) < 4.78 is 2.28. The van der Waals surface area contributed by atoms with Crippen molar-refractivity contribution in [1.82, 2.24) is 9.55 Å². The van der Waals surface area contributed by atoms with Gasteiger partial charge < -0.3 is 10.3 Å². The predicted octanol–water partition coefficient (Wildman–Crippen LogP) is 1.43. The van der Waals surface area contributed by atoms with Gasteiger partial charge in [-0.25, -0.2) is 4.98 Å². The number of hydrogen-bond acceptors (Lipinski definition) is 2. The van der Waals surface area contributed by atoms with Gasteiger partial charge in [0.05, 0.1) is 5.69 Å². The van der Waals surface area contributed by atoms with Crippen molar-refractivity contribution >= 4 is 0 Å². The van der Waals surface area contributed by atoms with Crippen LogP contribution in [0.5, 0.6) is 0 Å². The molecule has 1 aromatic heterocycles. The van der Waals surface area contributed by atoms with E-state index in [2.05, 4.69) is 25.5 Å². The molecule has 0 aromatic carbocycles. The van der Waals surface area contributed by atoms with E-state index in [-0.39, 0.29) is 0 Å². The van der Waals surface area contributed by atoms with Crippen LogP contribution in [0.15, 0.2) is 0 Å². The largest absolute Gasteiger partial charge is 0.335 e. The van der Waals surface area contributed by atoms with Gasteiger partial charge >= 0.3 is 0 Å². The van der Waals surface area contributed by atoms with Crippen molar-refractivity contribution in [3.05, 3.63) is 17.2 Å². The molecule has 0 fully saturated rings. The third-order valence-electron chi connectivity index (χ3n) is 3.19. The highest BCUT2D eigenvalue weighted by atomic mass is 15.1. The minimum absolute atomic E-state index is 0.319. The number of hydrogen-bond donors (Lipinski definition) is 1. The number of nitrogens with zero attached hydrogens (tertiary/aromatic N) is 2. The zero-order valence-corrected chi connectivity index (χ0v) is 9.95. The summed E-state index contributed by atoms with van der Waals surface area (Å²) in [5, 5.41) is 0. The summed E-state index contributed by atoms with van der Waals surface area (Å²) in [6.45, 7) is 4.47. The SMILES string of the molecule is CC(C)Cc1nc2c(n1C)CCC(N)C2. The smallest absolute Gasteiger partial charge is 0.109 e. The highest BCUT2D eigenvalue weighted by Gasteiger charge is 2.22. The van der Waals surface area contributed by atoms with Crippen LogP contribution in [-0.2, 0) is 26.3 Å². The van der Waals surface area contributed by atoms with Crippen molar-refractivity contribution < 1.29 is 0 Å². The van der Waals surface area contributed by atoms with Crippen LogP contribution in [0.25, 0.3) is 0 Å².